The van der Waals surface area contributed by atoms with Crippen molar-refractivity contribution >= 4 is 71.9 Å². The van der Waals surface area contributed by atoms with Gasteiger partial charge in [0, 0.05) is 55.8 Å². The van der Waals surface area contributed by atoms with Crippen LogP contribution in [0.4, 0.5) is 0 Å². The lowest BCUT2D eigenvalue weighted by Crippen LogP contribution is -2.23. The van der Waals surface area contributed by atoms with Gasteiger partial charge in [-0.2, -0.15) is 0 Å². The lowest BCUT2D eigenvalue weighted by atomic mass is 10.2. The minimum atomic E-state index is -1.24. The minimum Gasteiger partial charge on any atom is -0.481 e. The molecule has 0 aromatic rings. The molecule has 0 spiro atoms. The van der Waals surface area contributed by atoms with Crippen LogP contribution in [0.15, 0.2) is 0 Å². The van der Waals surface area contributed by atoms with Gasteiger partial charge in [0.1, 0.15) is 21.7 Å². The molecular weight excluding hydrogens is 816 g/mol. The number of halogens is 2. The van der Waals surface area contributed by atoms with E-state index in [1.165, 1.54) is 0 Å². The molecule has 0 heterocycles. The van der Waals surface area contributed by atoms with Gasteiger partial charge in [0.25, 0.3) is 0 Å². The summed E-state index contributed by atoms with van der Waals surface area (Å²) in [7, 11) is -2.35. The number of hydrogen-bond acceptors (Lipinski definition) is 6. The summed E-state index contributed by atoms with van der Waals surface area (Å²) in [5.41, 5.74) is 5.55. The molecule has 9 nitrogen and oxygen atoms in total. The van der Waals surface area contributed by atoms with Gasteiger partial charge in [-0.25, -0.2) is 0 Å². The number of carboxylic acids is 3. The summed E-state index contributed by atoms with van der Waals surface area (Å²) in [6.45, 7) is 18.8. The number of terminal acetylenes is 3. The molecule has 0 unspecified atom stereocenters. The lowest BCUT2D eigenvalue weighted by Gasteiger charge is -2.19. The fraction of sp³-hybridized carbons (Fsp3) is 0.684. The zero-order valence-corrected chi connectivity index (χ0v) is 36.4. The molecule has 0 aromatic carbocycles. The fourth-order valence-corrected chi connectivity index (χ4v) is 3.11. The SMILES string of the molecule is C.C.C#CCCCC(=O)O.C#CCCCC(=O)OC(C)(C)C.C#C[Si](C)(C)C.C[Si](C)(C)C#CCCCC(=O)O.O=C(O)CCBr.OCCCBr. The third-order valence-corrected chi connectivity index (χ3v) is 6.77. The Morgan fingerprint density at radius 2 is 1.02 bits per heavy atom. The Morgan fingerprint density at radius 3 is 1.24 bits per heavy atom. The minimum absolute atomic E-state index is 0. The predicted octanol–water partition coefficient (Wildman–Crippen LogP) is 9.52. The molecule has 0 saturated heterocycles. The molecule has 0 radical (unpaired) electrons. The van der Waals surface area contributed by atoms with Crippen LogP contribution >= 0.6 is 31.9 Å². The van der Waals surface area contributed by atoms with E-state index in [4.69, 9.17) is 44.4 Å². The molecule has 0 atom stereocenters. The molecule has 0 aliphatic rings. The molecule has 0 saturated carbocycles. The van der Waals surface area contributed by atoms with Crippen molar-refractivity contribution in [1.82, 2.24) is 0 Å². The first kappa shape index (κ1) is 66.7. The number of ether oxygens (including phenoxy) is 1. The second-order valence-corrected chi connectivity index (χ2v) is 24.0. The Morgan fingerprint density at radius 1 is 0.647 bits per heavy atom. The van der Waals surface area contributed by atoms with E-state index in [2.05, 4.69) is 100.0 Å². The monoisotopic (exact) mass is 884 g/mol. The highest BCUT2D eigenvalue weighted by molar-refractivity contribution is 9.09. The van der Waals surface area contributed by atoms with Crippen molar-refractivity contribution in [3.8, 4) is 48.1 Å². The molecule has 0 rings (SSSR count). The first-order valence-electron chi connectivity index (χ1n) is 15.8. The first-order valence-corrected chi connectivity index (χ1v) is 25.1. The summed E-state index contributed by atoms with van der Waals surface area (Å²) in [4.78, 5) is 40.5. The fourth-order valence-electron chi connectivity index (χ4n) is 1.87. The molecule has 0 aliphatic carbocycles. The van der Waals surface area contributed by atoms with Crippen LogP contribution in [0.2, 0.25) is 39.3 Å². The summed E-state index contributed by atoms with van der Waals surface area (Å²) < 4.78 is 5.08. The number of unbranched alkanes of at least 4 members (excludes halogenated alkanes) is 3. The maximum absolute atomic E-state index is 11.0. The van der Waals surface area contributed by atoms with Crippen LogP contribution in [0.5, 0.6) is 0 Å². The van der Waals surface area contributed by atoms with Crippen LogP contribution < -0.4 is 0 Å². The maximum atomic E-state index is 11.0. The van der Waals surface area contributed by atoms with Crippen LogP contribution in [0.3, 0.4) is 0 Å². The Balaban J connectivity index is -0.0000000743. The van der Waals surface area contributed by atoms with Crippen LogP contribution in [0.1, 0.15) is 106 Å². The van der Waals surface area contributed by atoms with Gasteiger partial charge < -0.3 is 25.2 Å². The molecule has 0 bridgehead atoms. The van der Waals surface area contributed by atoms with E-state index in [1.807, 2.05) is 20.8 Å². The van der Waals surface area contributed by atoms with Crippen LogP contribution in [0, 0.1) is 48.1 Å². The Labute approximate surface area is 331 Å². The van der Waals surface area contributed by atoms with Gasteiger partial charge in [-0.1, -0.05) is 86.0 Å². The average molecular weight is 887 g/mol. The van der Waals surface area contributed by atoms with Crippen LogP contribution in [-0.4, -0.2) is 83.3 Å². The first-order chi connectivity index (χ1) is 22.4. The summed E-state index contributed by atoms with van der Waals surface area (Å²) in [6.07, 6.45) is 20.8. The Bertz CT molecular complexity index is 1040. The third-order valence-electron chi connectivity index (χ3n) is 4.02. The van der Waals surface area contributed by atoms with Gasteiger partial charge in [0.05, 0.1) is 6.42 Å². The van der Waals surface area contributed by atoms with E-state index in [9.17, 15) is 19.2 Å². The van der Waals surface area contributed by atoms with E-state index in [0.717, 1.165) is 18.2 Å². The standard InChI is InChI=1S/C10H16O2.C9H16O2Si.C6H8O2.C5H10Si.C3H5BrO2.C3H7BrO.2CH4/c1-5-6-7-8-9(11)12-10(2,3)4;1-12(2,3)8-6-4-5-7-9(10)11;1-2-3-4-5-6(7)8;1-5-6(2,3)4;4-2-1-3(5)6;4-2-1-3-5;;/h1H,6-8H2,2-4H3;4-5,7H2,1-3H3,(H,10,11);1H,3-5H2,(H,7,8);1H,2-4H3;1-2H2,(H,5,6);5H,1-3H2;2*1H4. The van der Waals surface area contributed by atoms with Crippen molar-refractivity contribution in [3.63, 3.8) is 0 Å². The van der Waals surface area contributed by atoms with E-state index >= 15 is 0 Å². The Kier molecular flexibility index (Phi) is 59.5. The molecule has 0 aromatic heterocycles. The molecule has 51 heavy (non-hydrogen) atoms. The zero-order chi connectivity index (χ0) is 40.0. The molecule has 0 amide bonds. The molecule has 13 heteroatoms. The number of aliphatic hydroxyl groups is 1. The van der Waals surface area contributed by atoms with Gasteiger partial charge in [-0.05, 0) is 46.5 Å². The predicted molar refractivity (Wildman–Crippen MR) is 229 cm³/mol. The number of alkyl halides is 2. The van der Waals surface area contributed by atoms with Gasteiger partial charge in [0.2, 0.25) is 0 Å². The smallest absolute Gasteiger partial charge is 0.306 e. The van der Waals surface area contributed by atoms with E-state index in [-0.39, 0.29) is 45.7 Å². The number of esters is 1. The quantitative estimate of drug-likeness (QED) is 0.0465. The van der Waals surface area contributed by atoms with E-state index in [1.54, 1.807) is 0 Å². The van der Waals surface area contributed by atoms with Crippen molar-refractivity contribution in [1.29, 1.82) is 0 Å². The maximum Gasteiger partial charge on any atom is 0.306 e. The number of aliphatic carboxylic acids is 3. The topological polar surface area (TPSA) is 158 Å². The highest BCUT2D eigenvalue weighted by atomic mass is 79.9. The molecule has 0 aliphatic heterocycles. The van der Waals surface area contributed by atoms with Crippen molar-refractivity contribution in [2.75, 3.05) is 17.3 Å². The highest BCUT2D eigenvalue weighted by Gasteiger charge is 2.15. The molecule has 298 valence electrons. The summed E-state index contributed by atoms with van der Waals surface area (Å²) in [5.74, 6) is 5.43. The molecular formula is C38H70Br2O9Si2. The summed E-state index contributed by atoms with van der Waals surface area (Å²) in [6, 6.07) is 0. The van der Waals surface area contributed by atoms with Crippen LogP contribution in [0.25, 0.3) is 0 Å². The number of hydrogen-bond donors (Lipinski definition) is 4. The highest BCUT2D eigenvalue weighted by Crippen LogP contribution is 2.09. The molecule has 0 fully saturated rings. The molecule has 4 N–H and O–H groups in total. The average Bonchev–Trinajstić information content (AvgIpc) is 2.93. The van der Waals surface area contributed by atoms with Gasteiger partial charge in [-0.3, -0.25) is 19.2 Å². The summed E-state index contributed by atoms with van der Waals surface area (Å²) >= 11 is 6.12. The second-order valence-electron chi connectivity index (χ2n) is 12.9. The number of carboxylic acid groups (broad SMARTS) is 3. The third kappa shape index (κ3) is 113. The van der Waals surface area contributed by atoms with Gasteiger partial charge in [-0.15, -0.1) is 48.1 Å². The summed E-state index contributed by atoms with van der Waals surface area (Å²) in [5, 5.41) is 33.8. The van der Waals surface area contributed by atoms with E-state index in [0.29, 0.717) is 50.5 Å². The lowest BCUT2D eigenvalue weighted by molar-refractivity contribution is -0.155. The van der Waals surface area contributed by atoms with Crippen molar-refractivity contribution in [2.45, 2.75) is 151 Å². The van der Waals surface area contributed by atoms with Gasteiger partial charge in [0.15, 0.2) is 0 Å². The van der Waals surface area contributed by atoms with Gasteiger partial charge >= 0.3 is 23.9 Å². The van der Waals surface area contributed by atoms with Crippen molar-refractivity contribution in [2.24, 2.45) is 0 Å². The normalized spacial score (nSPS) is 9.12. The zero-order valence-electron chi connectivity index (χ0n) is 31.2. The number of rotatable bonds is 13. The van der Waals surface area contributed by atoms with Crippen LogP contribution in [-0.2, 0) is 23.9 Å². The van der Waals surface area contributed by atoms with E-state index < -0.39 is 34.1 Å². The second kappa shape index (κ2) is 45.5. The Hall–Kier alpha value is -2.53. The van der Waals surface area contributed by atoms with Crippen molar-refractivity contribution < 1.29 is 44.3 Å². The largest absolute Gasteiger partial charge is 0.481 e. The number of carbonyl (C=O) groups is 4. The van der Waals surface area contributed by atoms with Crippen molar-refractivity contribution in [3.05, 3.63) is 0 Å². The number of aliphatic hydroxyl groups excluding tert-OH is 1. The number of carbonyl (C=O) groups excluding carboxylic acids is 1.